The highest BCUT2D eigenvalue weighted by Gasteiger charge is 2.20. The van der Waals surface area contributed by atoms with Gasteiger partial charge in [0.25, 0.3) is 0 Å². The highest BCUT2D eigenvalue weighted by atomic mass is 16.5. The van der Waals surface area contributed by atoms with E-state index in [0.29, 0.717) is 5.75 Å². The number of nitrogens with zero attached hydrogens (tertiary/aromatic N) is 2. The number of esters is 1. The fourth-order valence-corrected chi connectivity index (χ4v) is 3.49. The molecule has 1 heterocycles. The van der Waals surface area contributed by atoms with Crippen LogP contribution in [0.2, 0.25) is 0 Å². The van der Waals surface area contributed by atoms with Crippen LogP contribution in [0.15, 0.2) is 30.5 Å². The summed E-state index contributed by atoms with van der Waals surface area (Å²) in [7, 11) is 0. The van der Waals surface area contributed by atoms with E-state index >= 15 is 0 Å². The number of hydrogen-bond donors (Lipinski definition) is 0. The normalized spacial score (nSPS) is 16.3. The molecule has 4 heteroatoms. The molecule has 0 amide bonds. The van der Waals surface area contributed by atoms with Crippen molar-refractivity contribution in [2.75, 3.05) is 0 Å². The van der Waals surface area contributed by atoms with Crippen molar-refractivity contribution in [1.82, 2.24) is 9.97 Å². The van der Waals surface area contributed by atoms with Gasteiger partial charge in [-0.3, -0.25) is 4.79 Å². The van der Waals surface area contributed by atoms with Crippen LogP contribution >= 0.6 is 0 Å². The van der Waals surface area contributed by atoms with E-state index in [9.17, 15) is 4.79 Å². The molecule has 0 saturated heterocycles. The van der Waals surface area contributed by atoms with Crippen molar-refractivity contribution >= 4 is 5.97 Å². The average Bonchev–Trinajstić information content (AvgIpc) is 2.62. The van der Waals surface area contributed by atoms with Crippen molar-refractivity contribution < 1.29 is 9.53 Å². The first-order valence-electron chi connectivity index (χ1n) is 9.29. The van der Waals surface area contributed by atoms with Crippen LogP contribution < -0.4 is 4.74 Å². The lowest BCUT2D eigenvalue weighted by atomic mass is 9.84. The summed E-state index contributed by atoms with van der Waals surface area (Å²) in [6.45, 7) is 3.65. The number of unbranched alkanes of at least 4 members (excludes halogenated alkanes) is 2. The number of aryl methyl sites for hydroxylation is 1. The lowest BCUT2D eigenvalue weighted by molar-refractivity contribution is -0.131. The molecule has 1 aromatic carbocycles. The Morgan fingerprint density at radius 2 is 2.04 bits per heavy atom. The molecule has 0 saturated carbocycles. The van der Waals surface area contributed by atoms with Crippen molar-refractivity contribution in [3.8, 4) is 17.1 Å². The number of rotatable bonds is 6. The monoisotopic (exact) mass is 338 g/mol. The quantitative estimate of drug-likeness (QED) is 0.433. The molecule has 4 nitrogen and oxygen atoms in total. The predicted octanol–water partition coefficient (Wildman–Crippen LogP) is 4.75. The third kappa shape index (κ3) is 4.65. The maximum atomic E-state index is 11.0. The van der Waals surface area contributed by atoms with Crippen LogP contribution in [-0.2, 0) is 17.6 Å². The van der Waals surface area contributed by atoms with Gasteiger partial charge < -0.3 is 4.74 Å². The van der Waals surface area contributed by atoms with E-state index in [0.717, 1.165) is 30.1 Å². The van der Waals surface area contributed by atoms with E-state index < -0.39 is 0 Å². The SMILES string of the molecule is CCCCCC1CCc2nc(-c3ccc(OC(C)=O)cc3)ncc2C1. The Morgan fingerprint density at radius 3 is 2.76 bits per heavy atom. The van der Waals surface area contributed by atoms with E-state index in [1.807, 2.05) is 18.3 Å². The minimum absolute atomic E-state index is 0.314. The second-order valence-electron chi connectivity index (χ2n) is 6.89. The van der Waals surface area contributed by atoms with Gasteiger partial charge in [-0.25, -0.2) is 9.97 Å². The van der Waals surface area contributed by atoms with Gasteiger partial charge in [0, 0.05) is 24.4 Å². The summed E-state index contributed by atoms with van der Waals surface area (Å²) in [6.07, 6.45) is 10.7. The van der Waals surface area contributed by atoms with Crippen molar-refractivity contribution in [2.24, 2.45) is 5.92 Å². The summed E-state index contributed by atoms with van der Waals surface area (Å²) in [5.74, 6) is 1.77. The Morgan fingerprint density at radius 1 is 1.24 bits per heavy atom. The molecule has 2 aromatic rings. The fourth-order valence-electron chi connectivity index (χ4n) is 3.49. The molecule has 0 bridgehead atoms. The van der Waals surface area contributed by atoms with Crippen LogP contribution in [0.25, 0.3) is 11.4 Å². The van der Waals surface area contributed by atoms with E-state index in [-0.39, 0.29) is 5.97 Å². The molecular formula is C21H26N2O2. The van der Waals surface area contributed by atoms with Crippen LogP contribution in [0.3, 0.4) is 0 Å². The Balaban J connectivity index is 1.69. The van der Waals surface area contributed by atoms with Crippen LogP contribution in [0.4, 0.5) is 0 Å². The van der Waals surface area contributed by atoms with Gasteiger partial charge in [-0.2, -0.15) is 0 Å². The number of aromatic nitrogens is 2. The molecule has 1 aromatic heterocycles. The van der Waals surface area contributed by atoms with Gasteiger partial charge in [-0.05, 0) is 55.0 Å². The zero-order chi connectivity index (χ0) is 17.6. The first-order valence-corrected chi connectivity index (χ1v) is 9.29. The Kier molecular flexibility index (Phi) is 5.79. The first-order chi connectivity index (χ1) is 12.2. The maximum Gasteiger partial charge on any atom is 0.308 e. The lowest BCUT2D eigenvalue weighted by Crippen LogP contribution is -2.16. The predicted molar refractivity (Wildman–Crippen MR) is 98.4 cm³/mol. The van der Waals surface area contributed by atoms with Gasteiger partial charge in [0.1, 0.15) is 5.75 Å². The number of hydrogen-bond acceptors (Lipinski definition) is 4. The van der Waals surface area contributed by atoms with E-state index in [4.69, 9.17) is 9.72 Å². The molecule has 0 radical (unpaired) electrons. The van der Waals surface area contributed by atoms with Crippen molar-refractivity contribution in [3.63, 3.8) is 0 Å². The van der Waals surface area contributed by atoms with Gasteiger partial charge in [0.2, 0.25) is 0 Å². The highest BCUT2D eigenvalue weighted by molar-refractivity contribution is 5.69. The van der Waals surface area contributed by atoms with Crippen LogP contribution in [-0.4, -0.2) is 15.9 Å². The Labute approximate surface area is 149 Å². The van der Waals surface area contributed by atoms with Crippen LogP contribution in [0.1, 0.15) is 57.2 Å². The molecule has 0 aliphatic heterocycles. The van der Waals surface area contributed by atoms with Crippen molar-refractivity contribution in [1.29, 1.82) is 0 Å². The maximum absolute atomic E-state index is 11.0. The molecular weight excluding hydrogens is 312 g/mol. The lowest BCUT2D eigenvalue weighted by Gasteiger charge is -2.23. The first kappa shape index (κ1) is 17.6. The standard InChI is InChI=1S/C21H26N2O2/c1-3-4-5-6-16-7-12-20-18(13-16)14-22-21(23-20)17-8-10-19(11-9-17)25-15(2)24/h8-11,14,16H,3-7,12-13H2,1-2H3. The van der Waals surface area contributed by atoms with E-state index in [1.165, 1.54) is 50.3 Å². The molecule has 1 aliphatic carbocycles. The van der Waals surface area contributed by atoms with E-state index in [1.54, 1.807) is 12.1 Å². The number of ether oxygens (including phenoxy) is 1. The molecule has 0 spiro atoms. The molecule has 132 valence electrons. The third-order valence-electron chi connectivity index (χ3n) is 4.84. The van der Waals surface area contributed by atoms with Gasteiger partial charge in [-0.15, -0.1) is 0 Å². The number of fused-ring (bicyclic) bond motifs is 1. The van der Waals surface area contributed by atoms with Crippen molar-refractivity contribution in [3.05, 3.63) is 41.7 Å². The minimum atomic E-state index is -0.314. The van der Waals surface area contributed by atoms with E-state index in [2.05, 4.69) is 11.9 Å². The molecule has 1 atom stereocenters. The number of carbonyl (C=O) groups is 1. The summed E-state index contributed by atoms with van der Waals surface area (Å²) in [5.41, 5.74) is 3.46. The zero-order valence-electron chi connectivity index (χ0n) is 15.1. The molecule has 1 unspecified atom stereocenters. The summed E-state index contributed by atoms with van der Waals surface area (Å²) >= 11 is 0. The summed E-state index contributed by atoms with van der Waals surface area (Å²) in [5, 5.41) is 0. The van der Waals surface area contributed by atoms with Gasteiger partial charge in [-0.1, -0.05) is 32.6 Å². The van der Waals surface area contributed by atoms with Gasteiger partial charge in [0.05, 0.1) is 0 Å². The number of carbonyl (C=O) groups excluding carboxylic acids is 1. The summed E-state index contributed by atoms with van der Waals surface area (Å²) < 4.78 is 5.07. The van der Waals surface area contributed by atoms with Crippen molar-refractivity contribution in [2.45, 2.75) is 58.8 Å². The Hall–Kier alpha value is -2.23. The Bertz CT molecular complexity index is 725. The minimum Gasteiger partial charge on any atom is -0.427 e. The topological polar surface area (TPSA) is 52.1 Å². The summed E-state index contributed by atoms with van der Waals surface area (Å²) in [4.78, 5) is 20.3. The van der Waals surface area contributed by atoms with Crippen LogP contribution in [0, 0.1) is 5.92 Å². The molecule has 25 heavy (non-hydrogen) atoms. The molecule has 0 fully saturated rings. The van der Waals surface area contributed by atoms with Crippen LogP contribution in [0.5, 0.6) is 5.75 Å². The second kappa shape index (κ2) is 8.24. The summed E-state index contributed by atoms with van der Waals surface area (Å²) in [6, 6.07) is 7.36. The van der Waals surface area contributed by atoms with Gasteiger partial charge >= 0.3 is 5.97 Å². The smallest absolute Gasteiger partial charge is 0.308 e. The average molecular weight is 338 g/mol. The third-order valence-corrected chi connectivity index (χ3v) is 4.84. The zero-order valence-corrected chi connectivity index (χ0v) is 15.1. The largest absolute Gasteiger partial charge is 0.427 e. The second-order valence-corrected chi connectivity index (χ2v) is 6.89. The molecule has 1 aliphatic rings. The fraction of sp³-hybridized carbons (Fsp3) is 0.476. The van der Waals surface area contributed by atoms with Gasteiger partial charge in [0.15, 0.2) is 5.82 Å². The molecule has 3 rings (SSSR count). The molecule has 0 N–H and O–H groups in total. The number of benzene rings is 1. The highest BCUT2D eigenvalue weighted by Crippen LogP contribution is 2.29.